The Morgan fingerprint density at radius 3 is 1.91 bits per heavy atom. The van der Waals surface area contributed by atoms with Crippen LogP contribution in [0.5, 0.6) is 0 Å². The Hall–Kier alpha value is -6.12. The van der Waals surface area contributed by atoms with Gasteiger partial charge in [-0.05, 0) is 75.8 Å². The first kappa shape index (κ1) is 20.8. The van der Waals surface area contributed by atoms with Crippen LogP contribution in [0.3, 0.4) is 0 Å². The monoisotopic (exact) mass is 589 g/mol. The van der Waals surface area contributed by atoms with Crippen LogP contribution < -0.4 is 0 Å². The van der Waals surface area contributed by atoms with Crippen LogP contribution in [0.1, 0.15) is 6.85 Å². The minimum Gasteiger partial charge on any atom is -0.309 e. The number of hydrogen-bond donors (Lipinski definition) is 0. The lowest BCUT2D eigenvalue weighted by atomic mass is 9.99. The summed E-state index contributed by atoms with van der Waals surface area (Å²) in [6.45, 7) is 0. The van der Waals surface area contributed by atoms with Gasteiger partial charge >= 0.3 is 0 Å². The number of para-hydroxylation sites is 2. The maximum Gasteiger partial charge on any atom is 0.0629 e. The molecule has 0 saturated heterocycles. The first-order valence-corrected chi connectivity index (χ1v) is 15.5. The molecule has 2 heteroatoms. The molecule has 0 aliphatic heterocycles. The van der Waals surface area contributed by atoms with E-state index in [2.05, 4.69) is 106 Å². The molecule has 0 fully saturated rings. The smallest absolute Gasteiger partial charge is 0.0629 e. The topological polar surface area (TPSA) is 9.86 Å². The van der Waals surface area contributed by atoms with Gasteiger partial charge in [-0.1, -0.05) is 121 Å². The van der Waals surface area contributed by atoms with Crippen LogP contribution in [-0.2, 0) is 0 Å². The van der Waals surface area contributed by atoms with Crippen molar-refractivity contribution < 1.29 is 6.85 Å². The second kappa shape index (κ2) is 9.69. The van der Waals surface area contributed by atoms with Crippen LogP contribution in [0.15, 0.2) is 170 Å². The summed E-state index contributed by atoms with van der Waals surface area (Å²) in [5.41, 5.74) is 7.00. The average molecular weight is 590 g/mol. The molecule has 0 amide bonds. The van der Waals surface area contributed by atoms with Crippen molar-refractivity contribution in [1.82, 2.24) is 9.13 Å². The summed E-state index contributed by atoms with van der Waals surface area (Å²) in [5.74, 6) is 0. The van der Waals surface area contributed by atoms with Gasteiger partial charge < -0.3 is 9.13 Å². The number of hydrogen-bond acceptors (Lipinski definition) is 0. The summed E-state index contributed by atoms with van der Waals surface area (Å²) in [4.78, 5) is 0. The molecule has 0 bridgehead atoms. The van der Waals surface area contributed by atoms with Gasteiger partial charge in [0.25, 0.3) is 0 Å². The Kier molecular flexibility index (Phi) is 4.37. The summed E-state index contributed by atoms with van der Waals surface area (Å²) >= 11 is 0. The third-order valence-corrected chi connectivity index (χ3v) is 9.33. The lowest BCUT2D eigenvalue weighted by molar-refractivity contribution is 1.18. The van der Waals surface area contributed by atoms with Gasteiger partial charge in [0.05, 0.1) is 34.6 Å². The highest BCUT2D eigenvalue weighted by Crippen LogP contribution is 2.43. The van der Waals surface area contributed by atoms with Crippen LogP contribution in [0.25, 0.3) is 87.7 Å². The molecule has 2 nitrogen and oxygen atoms in total. The molecule has 8 aromatic carbocycles. The van der Waals surface area contributed by atoms with Gasteiger partial charge in [-0.25, -0.2) is 0 Å². The molecule has 0 saturated carbocycles. The highest BCUT2D eigenvalue weighted by Gasteiger charge is 2.20. The molecule has 10 aromatic rings. The second-order valence-electron chi connectivity index (χ2n) is 11.8. The number of nitrogens with zero attached hydrogens (tertiary/aromatic N) is 2. The number of rotatable bonds is 3. The first-order chi connectivity index (χ1) is 24.9. The van der Waals surface area contributed by atoms with E-state index < -0.39 is 6.04 Å². The molecule has 2 aromatic heterocycles. The molecule has 0 N–H and O–H groups in total. The van der Waals surface area contributed by atoms with E-state index in [1.54, 1.807) is 0 Å². The first-order valence-electron chi connectivity index (χ1n) is 18.0. The van der Waals surface area contributed by atoms with Gasteiger partial charge in [0.1, 0.15) is 0 Å². The Bertz CT molecular complexity index is 3060. The highest BCUT2D eigenvalue weighted by molar-refractivity contribution is 6.25. The van der Waals surface area contributed by atoms with Crippen molar-refractivity contribution in [3.63, 3.8) is 0 Å². The van der Waals surface area contributed by atoms with Crippen molar-refractivity contribution in [3.05, 3.63) is 170 Å². The normalized spacial score (nSPS) is 13.4. The fourth-order valence-electron chi connectivity index (χ4n) is 7.38. The van der Waals surface area contributed by atoms with Crippen LogP contribution in [0.4, 0.5) is 0 Å². The fourth-order valence-corrected chi connectivity index (χ4v) is 7.38. The van der Waals surface area contributed by atoms with Crippen molar-refractivity contribution in [2.75, 3.05) is 0 Å². The van der Waals surface area contributed by atoms with E-state index in [0.29, 0.717) is 5.56 Å². The molecule has 214 valence electrons. The molecule has 0 aliphatic rings. The van der Waals surface area contributed by atoms with Crippen LogP contribution >= 0.6 is 0 Å². The zero-order chi connectivity index (χ0) is 34.5. The standard InChI is InChI=1S/C44H28N2/c1-3-13-29(14-4-1)32-25-31-16-8-9-19-34(31)41(26-32)46-39-22-12-11-21-36(39)37-27-43-38(28-42(37)46)44-35-20-10-7-15-30(35)23-24-40(44)45(43)33-17-5-2-6-18-33/h1-28H/i1D,3D,4D,13D,14D. The van der Waals surface area contributed by atoms with E-state index >= 15 is 0 Å². The third kappa shape index (κ3) is 3.59. The SMILES string of the molecule is [2H]c1c([2H])c([2H])c(-c2cc(-n3c4ccccc4c4cc5c(cc43)c3c4ccccc4ccc3n5-c3ccccc3)c3ccccc3c2)c([2H])c1[2H]. The van der Waals surface area contributed by atoms with Crippen molar-refractivity contribution >= 4 is 65.2 Å². The van der Waals surface area contributed by atoms with Gasteiger partial charge in [0.2, 0.25) is 0 Å². The Morgan fingerprint density at radius 1 is 0.391 bits per heavy atom. The molecule has 0 radical (unpaired) electrons. The minimum absolute atomic E-state index is 0.188. The predicted octanol–water partition coefficient (Wildman–Crippen LogP) is 11.9. The van der Waals surface area contributed by atoms with Crippen molar-refractivity contribution in [3.8, 4) is 22.5 Å². The van der Waals surface area contributed by atoms with Gasteiger partial charge in [-0.2, -0.15) is 0 Å². The zero-order valence-electron chi connectivity index (χ0n) is 29.7. The van der Waals surface area contributed by atoms with Crippen molar-refractivity contribution in [1.29, 1.82) is 0 Å². The minimum atomic E-state index is -0.400. The summed E-state index contributed by atoms with van der Waals surface area (Å²) < 4.78 is 47.3. The quantitative estimate of drug-likeness (QED) is 0.194. The van der Waals surface area contributed by atoms with Crippen LogP contribution in [0, 0.1) is 0 Å². The van der Waals surface area contributed by atoms with Crippen LogP contribution in [-0.4, -0.2) is 9.13 Å². The van der Waals surface area contributed by atoms with E-state index in [1.807, 2.05) is 42.5 Å². The molecule has 46 heavy (non-hydrogen) atoms. The fraction of sp³-hybridized carbons (Fsp3) is 0. The summed E-state index contributed by atoms with van der Waals surface area (Å²) in [6, 6.07) is 46.9. The van der Waals surface area contributed by atoms with E-state index in [-0.39, 0.29) is 29.7 Å². The maximum absolute atomic E-state index is 8.81. The van der Waals surface area contributed by atoms with E-state index in [4.69, 9.17) is 6.85 Å². The van der Waals surface area contributed by atoms with Gasteiger partial charge in [-0.3, -0.25) is 0 Å². The highest BCUT2D eigenvalue weighted by atomic mass is 15.0. The second-order valence-corrected chi connectivity index (χ2v) is 11.8. The van der Waals surface area contributed by atoms with Crippen molar-refractivity contribution in [2.45, 2.75) is 0 Å². The largest absolute Gasteiger partial charge is 0.309 e. The van der Waals surface area contributed by atoms with E-state index in [0.717, 1.165) is 60.4 Å². The lowest BCUT2D eigenvalue weighted by Gasteiger charge is -2.15. The summed E-state index contributed by atoms with van der Waals surface area (Å²) in [6.07, 6.45) is 0. The summed E-state index contributed by atoms with van der Waals surface area (Å²) in [7, 11) is 0. The van der Waals surface area contributed by atoms with Gasteiger partial charge in [0.15, 0.2) is 0 Å². The zero-order valence-corrected chi connectivity index (χ0v) is 24.7. The molecular formula is C44H28N2. The molecule has 0 spiro atoms. The van der Waals surface area contributed by atoms with Crippen molar-refractivity contribution in [2.24, 2.45) is 0 Å². The maximum atomic E-state index is 8.81. The van der Waals surface area contributed by atoms with E-state index in [1.165, 1.54) is 16.2 Å². The molecule has 10 rings (SSSR count). The average Bonchev–Trinajstić information content (AvgIpc) is 3.67. The number of benzene rings is 8. The number of aromatic nitrogens is 2. The predicted molar refractivity (Wildman–Crippen MR) is 196 cm³/mol. The van der Waals surface area contributed by atoms with Gasteiger partial charge in [0, 0.05) is 32.6 Å². The Labute approximate surface area is 273 Å². The third-order valence-electron chi connectivity index (χ3n) is 9.33. The Morgan fingerprint density at radius 2 is 1.07 bits per heavy atom. The van der Waals surface area contributed by atoms with E-state index in [9.17, 15) is 0 Å². The Balaban J connectivity index is 1.38. The molecule has 2 heterocycles. The molecule has 0 atom stereocenters. The molecule has 0 aliphatic carbocycles. The molecule has 0 unspecified atom stereocenters. The molecular weight excluding hydrogens is 556 g/mol. The number of fused-ring (bicyclic) bond motifs is 9. The summed E-state index contributed by atoms with van der Waals surface area (Å²) in [5, 5.41) is 8.78. The van der Waals surface area contributed by atoms with Gasteiger partial charge in [-0.15, -0.1) is 0 Å². The van der Waals surface area contributed by atoms with Crippen LogP contribution in [0.2, 0.25) is 0 Å². The lowest BCUT2D eigenvalue weighted by Crippen LogP contribution is -1.97.